The van der Waals surface area contributed by atoms with E-state index in [4.69, 9.17) is 5.73 Å². The highest BCUT2D eigenvalue weighted by Crippen LogP contribution is 2.16. The average molecular weight is 241 g/mol. The van der Waals surface area contributed by atoms with E-state index in [9.17, 15) is 19.3 Å². The third-order valence-electron chi connectivity index (χ3n) is 2.14. The highest BCUT2D eigenvalue weighted by Gasteiger charge is 2.16. The SMILES string of the molecule is C[C@@H](CN)NC(=O)c1ccc([N+](=O)[O-])cc1F. The summed E-state index contributed by atoms with van der Waals surface area (Å²) in [6.07, 6.45) is 0. The summed E-state index contributed by atoms with van der Waals surface area (Å²) in [7, 11) is 0. The molecule has 0 aromatic heterocycles. The summed E-state index contributed by atoms with van der Waals surface area (Å²) in [5.41, 5.74) is 4.67. The minimum absolute atomic E-state index is 0.223. The van der Waals surface area contributed by atoms with Gasteiger partial charge in [0.1, 0.15) is 5.82 Å². The van der Waals surface area contributed by atoms with Gasteiger partial charge in [-0.1, -0.05) is 0 Å². The number of rotatable bonds is 4. The molecule has 0 radical (unpaired) electrons. The van der Waals surface area contributed by atoms with Gasteiger partial charge < -0.3 is 11.1 Å². The van der Waals surface area contributed by atoms with Gasteiger partial charge in [-0.2, -0.15) is 0 Å². The van der Waals surface area contributed by atoms with E-state index < -0.39 is 22.3 Å². The first-order valence-electron chi connectivity index (χ1n) is 4.90. The van der Waals surface area contributed by atoms with Gasteiger partial charge in [0.2, 0.25) is 0 Å². The third kappa shape index (κ3) is 3.22. The summed E-state index contributed by atoms with van der Waals surface area (Å²) in [4.78, 5) is 21.2. The minimum atomic E-state index is -0.930. The maximum atomic E-state index is 13.4. The number of carbonyl (C=O) groups excluding carboxylic acids is 1. The van der Waals surface area contributed by atoms with E-state index in [1.807, 2.05) is 0 Å². The van der Waals surface area contributed by atoms with Crippen LogP contribution < -0.4 is 11.1 Å². The quantitative estimate of drug-likeness (QED) is 0.602. The molecule has 1 atom stereocenters. The van der Waals surface area contributed by atoms with Gasteiger partial charge in [-0.15, -0.1) is 0 Å². The predicted molar refractivity (Wildman–Crippen MR) is 59.0 cm³/mol. The Balaban J connectivity index is 2.92. The lowest BCUT2D eigenvalue weighted by Gasteiger charge is -2.11. The zero-order valence-corrected chi connectivity index (χ0v) is 9.14. The van der Waals surface area contributed by atoms with E-state index >= 15 is 0 Å². The Morgan fingerprint density at radius 2 is 2.29 bits per heavy atom. The van der Waals surface area contributed by atoms with Crippen LogP contribution in [0.4, 0.5) is 10.1 Å². The fraction of sp³-hybridized carbons (Fsp3) is 0.300. The van der Waals surface area contributed by atoms with E-state index in [0.717, 1.165) is 12.1 Å². The zero-order chi connectivity index (χ0) is 13.0. The van der Waals surface area contributed by atoms with Crippen molar-refractivity contribution in [3.8, 4) is 0 Å². The third-order valence-corrected chi connectivity index (χ3v) is 2.14. The molecule has 0 spiro atoms. The van der Waals surface area contributed by atoms with Gasteiger partial charge in [-0.25, -0.2) is 4.39 Å². The smallest absolute Gasteiger partial charge is 0.272 e. The molecule has 1 rings (SSSR count). The van der Waals surface area contributed by atoms with Gasteiger partial charge in [-0.3, -0.25) is 14.9 Å². The van der Waals surface area contributed by atoms with Crippen LogP contribution in [0.15, 0.2) is 18.2 Å². The molecule has 6 nitrogen and oxygen atoms in total. The number of non-ortho nitro benzene ring substituents is 1. The summed E-state index contributed by atoms with van der Waals surface area (Å²) < 4.78 is 13.4. The first kappa shape index (κ1) is 13.0. The van der Waals surface area contributed by atoms with Crippen molar-refractivity contribution in [1.29, 1.82) is 0 Å². The molecule has 17 heavy (non-hydrogen) atoms. The Kier molecular flexibility index (Phi) is 4.11. The molecule has 7 heteroatoms. The number of hydrogen-bond donors (Lipinski definition) is 2. The van der Waals surface area contributed by atoms with Crippen molar-refractivity contribution >= 4 is 11.6 Å². The van der Waals surface area contributed by atoms with Crippen LogP contribution in [0.2, 0.25) is 0 Å². The second kappa shape index (κ2) is 5.35. The number of benzene rings is 1. The molecule has 0 aliphatic rings. The highest BCUT2D eigenvalue weighted by atomic mass is 19.1. The number of carbonyl (C=O) groups is 1. The van der Waals surface area contributed by atoms with Crippen LogP contribution in [-0.4, -0.2) is 23.4 Å². The van der Waals surface area contributed by atoms with E-state index in [1.54, 1.807) is 6.92 Å². The molecule has 0 saturated carbocycles. The van der Waals surface area contributed by atoms with Crippen LogP contribution in [-0.2, 0) is 0 Å². The fourth-order valence-electron chi connectivity index (χ4n) is 1.16. The van der Waals surface area contributed by atoms with Crippen LogP contribution >= 0.6 is 0 Å². The average Bonchev–Trinajstić information content (AvgIpc) is 2.28. The molecule has 92 valence electrons. The lowest BCUT2D eigenvalue weighted by atomic mass is 10.1. The Labute approximate surface area is 96.8 Å². The number of halogens is 1. The zero-order valence-electron chi connectivity index (χ0n) is 9.14. The van der Waals surface area contributed by atoms with Gasteiger partial charge in [-0.05, 0) is 13.0 Å². The normalized spacial score (nSPS) is 11.9. The van der Waals surface area contributed by atoms with Crippen molar-refractivity contribution in [2.75, 3.05) is 6.54 Å². The predicted octanol–water partition coefficient (Wildman–Crippen LogP) is 0.811. The van der Waals surface area contributed by atoms with Crippen LogP contribution in [0.25, 0.3) is 0 Å². The van der Waals surface area contributed by atoms with Crippen LogP contribution in [0.5, 0.6) is 0 Å². The number of nitro benzene ring substituents is 1. The van der Waals surface area contributed by atoms with Crippen molar-refractivity contribution in [3.05, 3.63) is 39.7 Å². The fourth-order valence-corrected chi connectivity index (χ4v) is 1.16. The van der Waals surface area contributed by atoms with Gasteiger partial charge in [0.25, 0.3) is 11.6 Å². The largest absolute Gasteiger partial charge is 0.348 e. The molecule has 0 aliphatic heterocycles. The standard InChI is InChI=1S/C10H12FN3O3/c1-6(5-12)13-10(15)8-3-2-7(14(16)17)4-9(8)11/h2-4,6H,5,12H2,1H3,(H,13,15)/t6-/m0/s1. The maximum absolute atomic E-state index is 13.4. The second-order valence-electron chi connectivity index (χ2n) is 3.53. The molecule has 0 saturated heterocycles. The van der Waals surface area contributed by atoms with Gasteiger partial charge in [0.05, 0.1) is 16.6 Å². The molecule has 0 fully saturated rings. The topological polar surface area (TPSA) is 98.3 Å². The summed E-state index contributed by atoms with van der Waals surface area (Å²) in [5.74, 6) is -1.57. The molecule has 0 unspecified atom stereocenters. The van der Waals surface area contributed by atoms with Crippen molar-refractivity contribution in [1.82, 2.24) is 5.32 Å². The molecule has 0 heterocycles. The number of hydrogen-bond acceptors (Lipinski definition) is 4. The number of nitrogens with two attached hydrogens (primary N) is 1. The van der Waals surface area contributed by atoms with E-state index in [1.165, 1.54) is 0 Å². The lowest BCUT2D eigenvalue weighted by molar-refractivity contribution is -0.385. The maximum Gasteiger partial charge on any atom is 0.272 e. The summed E-state index contributed by atoms with van der Waals surface area (Å²) in [5, 5.41) is 12.8. The van der Waals surface area contributed by atoms with Crippen molar-refractivity contribution in [3.63, 3.8) is 0 Å². The molecule has 1 amide bonds. The summed E-state index contributed by atoms with van der Waals surface area (Å²) >= 11 is 0. The number of nitrogens with zero attached hydrogens (tertiary/aromatic N) is 1. The molecule has 0 bridgehead atoms. The first-order chi connectivity index (χ1) is 7.95. The Morgan fingerprint density at radius 3 is 2.76 bits per heavy atom. The van der Waals surface area contributed by atoms with Crippen molar-refractivity contribution in [2.24, 2.45) is 5.73 Å². The first-order valence-corrected chi connectivity index (χ1v) is 4.90. The number of amides is 1. The highest BCUT2D eigenvalue weighted by molar-refractivity contribution is 5.94. The van der Waals surface area contributed by atoms with Crippen LogP contribution in [0.1, 0.15) is 17.3 Å². The van der Waals surface area contributed by atoms with Gasteiger partial charge >= 0.3 is 0 Å². The van der Waals surface area contributed by atoms with Crippen LogP contribution in [0, 0.1) is 15.9 Å². The minimum Gasteiger partial charge on any atom is -0.348 e. The molecule has 0 aliphatic carbocycles. The molecule has 1 aromatic rings. The number of nitro groups is 1. The second-order valence-corrected chi connectivity index (χ2v) is 3.53. The Morgan fingerprint density at radius 1 is 1.65 bits per heavy atom. The van der Waals surface area contributed by atoms with E-state index in [2.05, 4.69) is 5.32 Å². The number of nitrogens with one attached hydrogen (secondary N) is 1. The lowest BCUT2D eigenvalue weighted by Crippen LogP contribution is -2.38. The molecular weight excluding hydrogens is 229 g/mol. The van der Waals surface area contributed by atoms with Crippen molar-refractivity contribution < 1.29 is 14.1 Å². The van der Waals surface area contributed by atoms with Crippen LogP contribution in [0.3, 0.4) is 0 Å². The summed E-state index contributed by atoms with van der Waals surface area (Å²) in [6, 6.07) is 2.57. The Bertz CT molecular complexity index is 450. The van der Waals surface area contributed by atoms with E-state index in [-0.39, 0.29) is 18.2 Å². The molecular formula is C10H12FN3O3. The van der Waals surface area contributed by atoms with Crippen molar-refractivity contribution in [2.45, 2.75) is 13.0 Å². The molecule has 1 aromatic carbocycles. The van der Waals surface area contributed by atoms with Gasteiger partial charge in [0, 0.05) is 18.7 Å². The van der Waals surface area contributed by atoms with Gasteiger partial charge in [0.15, 0.2) is 0 Å². The molecule has 3 N–H and O–H groups in total. The summed E-state index contributed by atoms with van der Waals surface area (Å²) in [6.45, 7) is 1.89. The monoisotopic (exact) mass is 241 g/mol. The Hall–Kier alpha value is -2.02. The van der Waals surface area contributed by atoms with E-state index in [0.29, 0.717) is 6.07 Å².